The van der Waals surface area contributed by atoms with Gasteiger partial charge in [0.1, 0.15) is 0 Å². The fourth-order valence-electron chi connectivity index (χ4n) is 2.86. The quantitative estimate of drug-likeness (QED) is 0.947. The van der Waals surface area contributed by atoms with Gasteiger partial charge in [-0.25, -0.2) is 13.1 Å². The minimum atomic E-state index is -3.64. The third kappa shape index (κ3) is 2.89. The Balaban J connectivity index is 1.91. The molecule has 2 aromatic carbocycles. The number of benzene rings is 2. The van der Waals surface area contributed by atoms with Gasteiger partial charge in [0, 0.05) is 6.04 Å². The fourth-order valence-corrected chi connectivity index (χ4v) is 4.16. The minimum absolute atomic E-state index is 0.134. The largest absolute Gasteiger partial charge is 0.241 e. The van der Waals surface area contributed by atoms with Crippen LogP contribution in [0.25, 0.3) is 0 Å². The standard InChI is InChI=1S/C17H16N2O2S/c18-12-13-5-3-8-15(11-13)22(20,21)19-17-10-4-7-14-6-1-2-9-16(14)17/h1-3,5-6,8-9,11,17,19H,4,7,10H2/t17-/m0/s1. The SMILES string of the molecule is N#Cc1cccc(S(=O)(=O)N[C@H]2CCCc3ccccc32)c1. The Morgan fingerprint density at radius 1 is 1.14 bits per heavy atom. The summed E-state index contributed by atoms with van der Waals surface area (Å²) in [5.74, 6) is 0. The maximum Gasteiger partial charge on any atom is 0.241 e. The van der Waals surface area contributed by atoms with Crippen LogP contribution in [0.3, 0.4) is 0 Å². The van der Waals surface area contributed by atoms with Gasteiger partial charge in [0.25, 0.3) is 0 Å². The lowest BCUT2D eigenvalue weighted by Gasteiger charge is -2.26. The summed E-state index contributed by atoms with van der Waals surface area (Å²) < 4.78 is 27.9. The number of aryl methyl sites for hydroxylation is 1. The summed E-state index contributed by atoms with van der Waals surface area (Å²) in [5.41, 5.74) is 2.59. The summed E-state index contributed by atoms with van der Waals surface area (Å²) in [5, 5.41) is 8.91. The molecule has 0 saturated carbocycles. The van der Waals surface area contributed by atoms with Crippen LogP contribution in [-0.4, -0.2) is 8.42 Å². The monoisotopic (exact) mass is 312 g/mol. The van der Waals surface area contributed by atoms with Gasteiger partial charge in [-0.3, -0.25) is 0 Å². The summed E-state index contributed by atoms with van der Waals surface area (Å²) in [7, 11) is -3.64. The van der Waals surface area contributed by atoms with Crippen LogP contribution in [0.15, 0.2) is 53.4 Å². The molecule has 5 heteroatoms. The lowest BCUT2D eigenvalue weighted by Crippen LogP contribution is -2.31. The molecule has 0 aromatic heterocycles. The zero-order chi connectivity index (χ0) is 15.6. The van der Waals surface area contributed by atoms with E-state index < -0.39 is 10.0 Å². The number of fused-ring (bicyclic) bond motifs is 1. The van der Waals surface area contributed by atoms with E-state index in [1.807, 2.05) is 30.3 Å². The first-order valence-corrected chi connectivity index (χ1v) is 8.69. The van der Waals surface area contributed by atoms with Crippen molar-refractivity contribution in [2.75, 3.05) is 0 Å². The van der Waals surface area contributed by atoms with Gasteiger partial charge in [0.05, 0.1) is 16.5 Å². The third-order valence-electron chi connectivity index (χ3n) is 3.94. The Kier molecular flexibility index (Phi) is 3.97. The highest BCUT2D eigenvalue weighted by Crippen LogP contribution is 2.30. The first kappa shape index (κ1) is 14.8. The van der Waals surface area contributed by atoms with Crippen LogP contribution < -0.4 is 4.72 Å². The minimum Gasteiger partial charge on any atom is -0.207 e. The van der Waals surface area contributed by atoms with Crippen LogP contribution in [0.5, 0.6) is 0 Å². The molecule has 0 aliphatic heterocycles. The molecule has 0 fully saturated rings. The maximum atomic E-state index is 12.6. The van der Waals surface area contributed by atoms with Gasteiger partial charge in [-0.2, -0.15) is 5.26 Å². The molecule has 0 unspecified atom stereocenters. The molecule has 22 heavy (non-hydrogen) atoms. The molecule has 112 valence electrons. The second kappa shape index (κ2) is 5.91. The van der Waals surface area contributed by atoms with Crippen LogP contribution in [0.4, 0.5) is 0 Å². The van der Waals surface area contributed by atoms with E-state index in [1.165, 1.54) is 17.7 Å². The predicted octanol–water partition coefficient (Wildman–Crippen LogP) is 2.91. The normalized spacial score (nSPS) is 17.5. The number of nitrogens with zero attached hydrogens (tertiary/aromatic N) is 1. The van der Waals surface area contributed by atoms with E-state index in [9.17, 15) is 8.42 Å². The molecule has 3 rings (SSSR count). The Bertz CT molecular complexity index is 838. The molecule has 2 aromatic rings. The van der Waals surface area contributed by atoms with Gasteiger partial charge in [-0.05, 0) is 48.6 Å². The Hall–Kier alpha value is -2.16. The average Bonchev–Trinajstić information content (AvgIpc) is 2.55. The van der Waals surface area contributed by atoms with E-state index in [4.69, 9.17) is 5.26 Å². The van der Waals surface area contributed by atoms with Crippen molar-refractivity contribution in [1.29, 1.82) is 5.26 Å². The number of nitriles is 1. The van der Waals surface area contributed by atoms with Gasteiger partial charge in [-0.1, -0.05) is 30.3 Å². The van der Waals surface area contributed by atoms with Crippen molar-refractivity contribution in [2.24, 2.45) is 0 Å². The zero-order valence-electron chi connectivity index (χ0n) is 12.0. The Labute approximate surface area is 130 Å². The third-order valence-corrected chi connectivity index (χ3v) is 5.41. The maximum absolute atomic E-state index is 12.6. The Morgan fingerprint density at radius 3 is 2.77 bits per heavy atom. The second-order valence-corrected chi connectivity index (χ2v) is 7.12. The van der Waals surface area contributed by atoms with E-state index >= 15 is 0 Å². The van der Waals surface area contributed by atoms with Crippen LogP contribution in [0.1, 0.15) is 35.6 Å². The molecule has 0 heterocycles. The van der Waals surface area contributed by atoms with Crippen LogP contribution in [-0.2, 0) is 16.4 Å². The lowest BCUT2D eigenvalue weighted by molar-refractivity contribution is 0.507. The average molecular weight is 312 g/mol. The summed E-state index contributed by atoms with van der Waals surface area (Å²) in [6.45, 7) is 0. The predicted molar refractivity (Wildman–Crippen MR) is 83.6 cm³/mol. The number of hydrogen-bond donors (Lipinski definition) is 1. The molecular weight excluding hydrogens is 296 g/mol. The molecule has 1 aliphatic rings. The van der Waals surface area contributed by atoms with Gasteiger partial charge < -0.3 is 0 Å². The number of sulfonamides is 1. The molecule has 0 saturated heterocycles. The van der Waals surface area contributed by atoms with Crippen molar-refractivity contribution in [2.45, 2.75) is 30.2 Å². The van der Waals surface area contributed by atoms with E-state index in [0.717, 1.165) is 24.8 Å². The number of nitrogens with one attached hydrogen (secondary N) is 1. The van der Waals surface area contributed by atoms with E-state index in [0.29, 0.717) is 5.56 Å². The number of rotatable bonds is 3. The van der Waals surface area contributed by atoms with Gasteiger partial charge in [0.15, 0.2) is 0 Å². The zero-order valence-corrected chi connectivity index (χ0v) is 12.8. The van der Waals surface area contributed by atoms with Crippen molar-refractivity contribution in [3.8, 4) is 6.07 Å². The van der Waals surface area contributed by atoms with Crippen LogP contribution in [0.2, 0.25) is 0 Å². The smallest absolute Gasteiger partial charge is 0.207 e. The fraction of sp³-hybridized carbons (Fsp3) is 0.235. The summed E-state index contributed by atoms with van der Waals surface area (Å²) >= 11 is 0. The van der Waals surface area contributed by atoms with Crippen molar-refractivity contribution >= 4 is 10.0 Å². The molecule has 1 N–H and O–H groups in total. The first-order valence-electron chi connectivity index (χ1n) is 7.20. The van der Waals surface area contributed by atoms with Crippen molar-refractivity contribution < 1.29 is 8.42 Å². The molecule has 0 radical (unpaired) electrons. The van der Waals surface area contributed by atoms with Crippen molar-refractivity contribution in [3.05, 3.63) is 65.2 Å². The topological polar surface area (TPSA) is 70.0 Å². The van der Waals surface area contributed by atoms with E-state index in [-0.39, 0.29) is 10.9 Å². The van der Waals surface area contributed by atoms with Gasteiger partial charge >= 0.3 is 0 Å². The summed E-state index contributed by atoms with van der Waals surface area (Å²) in [6, 6.07) is 15.8. The van der Waals surface area contributed by atoms with Gasteiger partial charge in [-0.15, -0.1) is 0 Å². The molecule has 1 aliphatic carbocycles. The number of hydrogen-bond acceptors (Lipinski definition) is 3. The molecular formula is C17H16N2O2S. The molecule has 0 amide bonds. The first-order chi connectivity index (χ1) is 10.6. The summed E-state index contributed by atoms with van der Waals surface area (Å²) in [4.78, 5) is 0.134. The second-order valence-electron chi connectivity index (χ2n) is 5.40. The van der Waals surface area contributed by atoms with Crippen molar-refractivity contribution in [1.82, 2.24) is 4.72 Å². The van der Waals surface area contributed by atoms with Gasteiger partial charge in [0.2, 0.25) is 10.0 Å². The molecule has 4 nitrogen and oxygen atoms in total. The highest BCUT2D eigenvalue weighted by atomic mass is 32.2. The van der Waals surface area contributed by atoms with Crippen LogP contribution >= 0.6 is 0 Å². The van der Waals surface area contributed by atoms with E-state index in [2.05, 4.69) is 4.72 Å². The van der Waals surface area contributed by atoms with Crippen molar-refractivity contribution in [3.63, 3.8) is 0 Å². The molecule has 1 atom stereocenters. The highest BCUT2D eigenvalue weighted by molar-refractivity contribution is 7.89. The molecule has 0 bridgehead atoms. The lowest BCUT2D eigenvalue weighted by atomic mass is 9.88. The van der Waals surface area contributed by atoms with Crippen LogP contribution in [0, 0.1) is 11.3 Å². The molecule has 0 spiro atoms. The summed E-state index contributed by atoms with van der Waals surface area (Å²) in [6.07, 6.45) is 2.73. The highest BCUT2D eigenvalue weighted by Gasteiger charge is 2.25. The van der Waals surface area contributed by atoms with E-state index in [1.54, 1.807) is 12.1 Å². The Morgan fingerprint density at radius 2 is 1.95 bits per heavy atom.